The number of anilines is 2. The minimum Gasteiger partial charge on any atom is -0.340 e. The molecule has 5 heteroatoms. The van der Waals surface area contributed by atoms with Crippen LogP contribution in [0.5, 0.6) is 0 Å². The quantitative estimate of drug-likeness (QED) is 0.493. The van der Waals surface area contributed by atoms with Crippen LogP contribution in [0.25, 0.3) is 0 Å². The molecule has 116 valence electrons. The minimum atomic E-state index is 0.750. The molecule has 0 bridgehead atoms. The summed E-state index contributed by atoms with van der Waals surface area (Å²) in [6.45, 7) is 1.97. The zero-order chi connectivity index (χ0) is 16.1. The number of aryl methyl sites for hydroxylation is 1. The van der Waals surface area contributed by atoms with E-state index in [0.717, 1.165) is 38.7 Å². The molecule has 2 aromatic carbocycles. The molecule has 0 fully saturated rings. The third-order valence-corrected chi connectivity index (χ3v) is 4.29. The molecule has 0 amide bonds. The summed E-state index contributed by atoms with van der Waals surface area (Å²) in [5.41, 5.74) is 3.11. The monoisotopic (exact) mass is 341 g/mol. The van der Waals surface area contributed by atoms with Crippen LogP contribution < -0.4 is 5.32 Å². The van der Waals surface area contributed by atoms with Crippen molar-refractivity contribution in [2.75, 3.05) is 5.32 Å². The molecular formula is C18H16ClN3S. The molecule has 1 aromatic heterocycles. The summed E-state index contributed by atoms with van der Waals surface area (Å²) in [6, 6.07) is 19.8. The molecule has 1 heterocycles. The van der Waals surface area contributed by atoms with E-state index in [-0.39, 0.29) is 0 Å². The summed E-state index contributed by atoms with van der Waals surface area (Å²) in [5, 5.41) is 4.81. The minimum absolute atomic E-state index is 0.750. The van der Waals surface area contributed by atoms with Crippen LogP contribution in [-0.4, -0.2) is 9.97 Å². The van der Waals surface area contributed by atoms with E-state index >= 15 is 0 Å². The predicted molar refractivity (Wildman–Crippen MR) is 97.5 cm³/mol. The fourth-order valence-corrected chi connectivity index (χ4v) is 3.17. The molecular weight excluding hydrogens is 326 g/mol. The Morgan fingerprint density at radius 1 is 1.00 bits per heavy atom. The Morgan fingerprint density at radius 3 is 2.61 bits per heavy atom. The van der Waals surface area contributed by atoms with Crippen molar-refractivity contribution >= 4 is 34.9 Å². The van der Waals surface area contributed by atoms with E-state index in [4.69, 9.17) is 11.6 Å². The van der Waals surface area contributed by atoms with E-state index in [1.807, 2.05) is 61.5 Å². The van der Waals surface area contributed by atoms with Crippen LogP contribution in [0.3, 0.4) is 0 Å². The lowest BCUT2D eigenvalue weighted by molar-refractivity contribution is 0.937. The van der Waals surface area contributed by atoms with Gasteiger partial charge < -0.3 is 5.32 Å². The maximum atomic E-state index is 6.02. The molecule has 0 atom stereocenters. The van der Waals surface area contributed by atoms with Crippen LogP contribution in [-0.2, 0) is 5.75 Å². The Bertz CT molecular complexity index is 793. The normalized spacial score (nSPS) is 10.5. The molecule has 0 aliphatic heterocycles. The first-order valence-corrected chi connectivity index (χ1v) is 8.60. The second-order valence-corrected chi connectivity index (χ2v) is 6.47. The molecule has 3 rings (SSSR count). The van der Waals surface area contributed by atoms with Gasteiger partial charge in [0, 0.05) is 28.2 Å². The van der Waals surface area contributed by atoms with Crippen LogP contribution in [0, 0.1) is 6.92 Å². The number of para-hydroxylation sites is 1. The molecule has 23 heavy (non-hydrogen) atoms. The van der Waals surface area contributed by atoms with Gasteiger partial charge in [-0.05, 0) is 36.8 Å². The van der Waals surface area contributed by atoms with Crippen molar-refractivity contribution in [1.82, 2.24) is 9.97 Å². The first-order chi connectivity index (χ1) is 11.2. The van der Waals surface area contributed by atoms with E-state index in [0.29, 0.717) is 0 Å². The SMILES string of the molecule is Cc1cc(Nc2ccccc2)nc(SCc2cccc(Cl)c2)n1. The summed E-state index contributed by atoms with van der Waals surface area (Å²) in [5.74, 6) is 1.59. The molecule has 3 nitrogen and oxygen atoms in total. The number of rotatable bonds is 5. The lowest BCUT2D eigenvalue weighted by atomic mass is 10.2. The van der Waals surface area contributed by atoms with Crippen LogP contribution in [0.2, 0.25) is 5.02 Å². The predicted octanol–water partition coefficient (Wildman–Crippen LogP) is 5.47. The standard InChI is InChI=1S/C18H16ClN3S/c1-13-10-17(21-16-8-3-2-4-9-16)22-18(20-13)23-12-14-6-5-7-15(19)11-14/h2-11H,12H2,1H3,(H,20,21,22). The summed E-state index contributed by atoms with van der Waals surface area (Å²) in [7, 11) is 0. The summed E-state index contributed by atoms with van der Waals surface area (Å²) in [6.07, 6.45) is 0. The zero-order valence-electron chi connectivity index (χ0n) is 12.7. The van der Waals surface area contributed by atoms with Crippen LogP contribution in [0.4, 0.5) is 11.5 Å². The van der Waals surface area contributed by atoms with Crippen LogP contribution in [0.1, 0.15) is 11.3 Å². The van der Waals surface area contributed by atoms with E-state index in [9.17, 15) is 0 Å². The number of nitrogens with zero attached hydrogens (tertiary/aromatic N) is 2. The number of benzene rings is 2. The average Bonchev–Trinajstić information content (AvgIpc) is 2.53. The van der Waals surface area contributed by atoms with Crippen LogP contribution >= 0.6 is 23.4 Å². The van der Waals surface area contributed by atoms with Crippen LogP contribution in [0.15, 0.2) is 65.8 Å². The number of halogens is 1. The number of hydrogen-bond acceptors (Lipinski definition) is 4. The fourth-order valence-electron chi connectivity index (χ4n) is 2.11. The second kappa shape index (κ2) is 7.49. The molecule has 0 unspecified atom stereocenters. The largest absolute Gasteiger partial charge is 0.340 e. The van der Waals surface area contributed by atoms with Gasteiger partial charge in [-0.3, -0.25) is 0 Å². The first-order valence-electron chi connectivity index (χ1n) is 7.24. The lowest BCUT2D eigenvalue weighted by Crippen LogP contribution is -1.98. The highest BCUT2D eigenvalue weighted by Crippen LogP contribution is 2.24. The summed E-state index contributed by atoms with van der Waals surface area (Å²) >= 11 is 7.62. The highest BCUT2D eigenvalue weighted by molar-refractivity contribution is 7.98. The third kappa shape index (κ3) is 4.71. The van der Waals surface area contributed by atoms with E-state index in [1.165, 1.54) is 0 Å². The number of nitrogens with one attached hydrogen (secondary N) is 1. The van der Waals surface area contributed by atoms with E-state index in [2.05, 4.69) is 21.4 Å². The lowest BCUT2D eigenvalue weighted by Gasteiger charge is -2.08. The summed E-state index contributed by atoms with van der Waals surface area (Å²) < 4.78 is 0. The Balaban J connectivity index is 1.72. The van der Waals surface area contributed by atoms with Crippen molar-refractivity contribution in [3.05, 3.63) is 76.9 Å². The van der Waals surface area contributed by atoms with Gasteiger partial charge in [0.15, 0.2) is 5.16 Å². The zero-order valence-corrected chi connectivity index (χ0v) is 14.2. The number of thioether (sulfide) groups is 1. The van der Waals surface area contributed by atoms with Gasteiger partial charge in [0.2, 0.25) is 0 Å². The number of hydrogen-bond donors (Lipinski definition) is 1. The van der Waals surface area contributed by atoms with E-state index in [1.54, 1.807) is 11.8 Å². The van der Waals surface area contributed by atoms with Gasteiger partial charge in [-0.25, -0.2) is 9.97 Å². The van der Waals surface area contributed by atoms with Crippen molar-refractivity contribution in [3.8, 4) is 0 Å². The Morgan fingerprint density at radius 2 is 1.83 bits per heavy atom. The smallest absolute Gasteiger partial charge is 0.190 e. The maximum absolute atomic E-state index is 6.02. The summed E-state index contributed by atoms with van der Waals surface area (Å²) in [4.78, 5) is 9.07. The Labute approximate surface area is 145 Å². The van der Waals surface area contributed by atoms with Crippen molar-refractivity contribution in [3.63, 3.8) is 0 Å². The van der Waals surface area contributed by atoms with Crippen molar-refractivity contribution in [1.29, 1.82) is 0 Å². The van der Waals surface area contributed by atoms with E-state index < -0.39 is 0 Å². The second-order valence-electron chi connectivity index (χ2n) is 5.09. The van der Waals surface area contributed by atoms with Crippen molar-refractivity contribution in [2.24, 2.45) is 0 Å². The fraction of sp³-hybridized carbons (Fsp3) is 0.111. The molecule has 0 saturated carbocycles. The molecule has 1 N–H and O–H groups in total. The maximum Gasteiger partial charge on any atom is 0.190 e. The third-order valence-electron chi connectivity index (χ3n) is 3.14. The number of aromatic nitrogens is 2. The first kappa shape index (κ1) is 15.8. The highest BCUT2D eigenvalue weighted by atomic mass is 35.5. The highest BCUT2D eigenvalue weighted by Gasteiger charge is 2.05. The van der Waals surface area contributed by atoms with Gasteiger partial charge in [0.25, 0.3) is 0 Å². The molecule has 0 radical (unpaired) electrons. The Kier molecular flexibility index (Phi) is 5.16. The topological polar surface area (TPSA) is 37.8 Å². The van der Waals surface area contributed by atoms with Gasteiger partial charge in [0.1, 0.15) is 5.82 Å². The molecule has 3 aromatic rings. The van der Waals surface area contributed by atoms with Gasteiger partial charge in [-0.2, -0.15) is 0 Å². The van der Waals surface area contributed by atoms with Gasteiger partial charge >= 0.3 is 0 Å². The molecule has 0 spiro atoms. The van der Waals surface area contributed by atoms with Gasteiger partial charge in [-0.1, -0.05) is 53.7 Å². The Hall–Kier alpha value is -2.04. The van der Waals surface area contributed by atoms with Gasteiger partial charge in [0.05, 0.1) is 0 Å². The van der Waals surface area contributed by atoms with Crippen molar-refractivity contribution < 1.29 is 0 Å². The molecule has 0 saturated heterocycles. The van der Waals surface area contributed by atoms with Gasteiger partial charge in [-0.15, -0.1) is 0 Å². The molecule has 0 aliphatic rings. The average molecular weight is 342 g/mol. The molecule has 0 aliphatic carbocycles. The van der Waals surface area contributed by atoms with Crippen molar-refractivity contribution in [2.45, 2.75) is 17.8 Å².